The van der Waals surface area contributed by atoms with Crippen LogP contribution in [0.2, 0.25) is 78.6 Å². The smallest absolute Gasteiger partial charge is 0.234 e. The van der Waals surface area contributed by atoms with Crippen molar-refractivity contribution in [3.05, 3.63) is 219 Å². The van der Waals surface area contributed by atoms with Crippen molar-refractivity contribution in [2.75, 3.05) is 0 Å². The Morgan fingerprint density at radius 2 is 0.489 bits per heavy atom. The molecule has 0 atom stereocenters. The van der Waals surface area contributed by atoms with Crippen LogP contribution in [0.1, 0.15) is 0 Å². The van der Waals surface area contributed by atoms with Gasteiger partial charge >= 0.3 is 0 Å². The number of hydrogen-bond acceptors (Lipinski definition) is 8. The van der Waals surface area contributed by atoms with Crippen molar-refractivity contribution < 1.29 is 0 Å². The Bertz CT molecular complexity index is 5230. The van der Waals surface area contributed by atoms with Gasteiger partial charge in [0.25, 0.3) is 0 Å². The molecule has 92 heavy (non-hydrogen) atoms. The lowest BCUT2D eigenvalue weighted by atomic mass is 10.0. The number of rotatable bonds is 10. The largest absolute Gasteiger partial charge is 0.278 e. The summed E-state index contributed by atoms with van der Waals surface area (Å²) in [4.78, 5) is 39.1. The summed E-state index contributed by atoms with van der Waals surface area (Å²) in [5, 5.41) is 14.3. The van der Waals surface area contributed by atoms with Gasteiger partial charge in [-0.05, 0) is 118 Å². The van der Waals surface area contributed by atoms with E-state index < -0.39 is 32.3 Å². The number of nitrogens with zero attached hydrogens (tertiary/aromatic N) is 12. The predicted octanol–water partition coefficient (Wildman–Crippen LogP) is 16.4. The van der Waals surface area contributed by atoms with Crippen LogP contribution in [0.5, 0.6) is 0 Å². The molecule has 0 fully saturated rings. The summed E-state index contributed by atoms with van der Waals surface area (Å²) in [5.41, 5.74) is 13.5. The number of benzene rings is 8. The molecule has 8 aromatic heterocycles. The van der Waals surface area contributed by atoms with Gasteiger partial charge < -0.3 is 0 Å². The lowest BCUT2D eigenvalue weighted by molar-refractivity contribution is 0.993. The first kappa shape index (κ1) is 58.5. The van der Waals surface area contributed by atoms with E-state index in [1.807, 2.05) is 37.2 Å². The third-order valence-corrected chi connectivity index (χ3v) is 25.6. The molecular weight excluding hydrogens is 1190 g/mol. The quantitative estimate of drug-likeness (QED) is 0.124. The van der Waals surface area contributed by atoms with Crippen LogP contribution >= 0.6 is 0 Å². The van der Waals surface area contributed by atoms with E-state index in [0.717, 1.165) is 66.7 Å². The molecule has 0 spiro atoms. The van der Waals surface area contributed by atoms with Crippen LogP contribution in [0.3, 0.4) is 0 Å². The van der Waals surface area contributed by atoms with E-state index in [-0.39, 0.29) is 0 Å². The zero-order valence-corrected chi connectivity index (χ0v) is 58.2. The van der Waals surface area contributed by atoms with E-state index in [1.165, 1.54) is 75.7 Å². The molecule has 0 radical (unpaired) electrons. The van der Waals surface area contributed by atoms with Crippen molar-refractivity contribution in [2.24, 2.45) is 0 Å². The second-order valence-corrected chi connectivity index (χ2v) is 48.5. The highest BCUT2D eigenvalue weighted by atomic mass is 28.3. The molecule has 12 nitrogen and oxygen atoms in total. The normalized spacial score (nSPS) is 12.6. The Labute approximate surface area is 539 Å². The van der Waals surface area contributed by atoms with Gasteiger partial charge in [-0.3, -0.25) is 18.3 Å². The first-order valence-electron chi connectivity index (χ1n) is 31.6. The second-order valence-electron chi connectivity index (χ2n) is 28.4. The van der Waals surface area contributed by atoms with E-state index in [0.29, 0.717) is 11.9 Å². The van der Waals surface area contributed by atoms with Gasteiger partial charge in [0.2, 0.25) is 23.8 Å². The van der Waals surface area contributed by atoms with E-state index in [4.69, 9.17) is 39.9 Å². The van der Waals surface area contributed by atoms with Gasteiger partial charge in [0.1, 0.15) is 16.1 Å². The van der Waals surface area contributed by atoms with Gasteiger partial charge in [-0.25, -0.2) is 39.9 Å². The Morgan fingerprint density at radius 1 is 0.239 bits per heavy atom. The molecule has 16 rings (SSSR count). The SMILES string of the molecule is C[Si](C)(C)c1ccnc(-n2c3ccccc3c3cc(-c4ccc5c(c4)c4ccccc4n5-c4nccc([Si](C)(C)C)n4)ccc32)n1.C[Si](C)(C)c1cnc(-n2c3ccccc3c3cc(-c4ccc5c(c4)c4ccccc4n5-c4ncc([Si](C)(C)C)cn4)ccc32)nc1. The third kappa shape index (κ3) is 10.2. The minimum Gasteiger partial charge on any atom is -0.278 e. The van der Waals surface area contributed by atoms with Crippen molar-refractivity contribution in [3.63, 3.8) is 0 Å². The van der Waals surface area contributed by atoms with Crippen LogP contribution in [0, 0.1) is 0 Å². The molecule has 0 N–H and O–H groups in total. The molecule has 0 saturated carbocycles. The second kappa shape index (κ2) is 21.9. The lowest BCUT2D eigenvalue weighted by Gasteiger charge is -2.16. The first-order chi connectivity index (χ1) is 44.2. The maximum atomic E-state index is 5.08. The highest BCUT2D eigenvalue weighted by Gasteiger charge is 2.26. The van der Waals surface area contributed by atoms with Crippen LogP contribution in [0.4, 0.5) is 0 Å². The summed E-state index contributed by atoms with van der Waals surface area (Å²) < 4.78 is 8.80. The molecule has 8 aromatic carbocycles. The molecular formula is C76H72N12Si4. The Balaban J connectivity index is 0.000000153. The molecule has 0 bridgehead atoms. The van der Waals surface area contributed by atoms with Gasteiger partial charge in [0, 0.05) is 90.9 Å². The number of hydrogen-bond donors (Lipinski definition) is 0. The lowest BCUT2D eigenvalue weighted by Crippen LogP contribution is -2.40. The molecule has 8 heterocycles. The monoisotopic (exact) mass is 1260 g/mol. The minimum absolute atomic E-state index is 0.704. The van der Waals surface area contributed by atoms with Crippen LogP contribution in [-0.2, 0) is 0 Å². The van der Waals surface area contributed by atoms with E-state index >= 15 is 0 Å². The summed E-state index contributed by atoms with van der Waals surface area (Å²) in [6.07, 6.45) is 11.9. The minimum atomic E-state index is -1.61. The fourth-order valence-corrected chi connectivity index (χ4v) is 16.7. The standard InChI is InChI=1S/2C38H36N6Si2/c1-45(2,3)27-21-39-37(40-22-27)43-33-13-9-7-11-29(33)31-19-25(15-17-35(31)43)26-16-18-36-32(20-26)30-12-8-10-14-34(30)44(36)38-41-23-28(24-42-38)46(4,5)6;1-45(2,3)35-19-21-39-37(41-35)43-31-13-9-7-11-27(31)29-23-25(15-17-33(29)43)26-16-18-34-30(24-26)28-12-8-10-14-32(28)44(34)38-40-22-20-36(42-38)46(4,5)6/h2*7-24H,1-6H3. The van der Waals surface area contributed by atoms with Crippen molar-refractivity contribution in [2.45, 2.75) is 78.6 Å². The zero-order valence-electron chi connectivity index (χ0n) is 54.2. The summed E-state index contributed by atoms with van der Waals surface area (Å²) in [7, 11) is -6.22. The van der Waals surface area contributed by atoms with Crippen LogP contribution in [-0.4, -0.2) is 90.4 Å². The van der Waals surface area contributed by atoms with Gasteiger partial charge in [-0.1, -0.05) is 176 Å². The van der Waals surface area contributed by atoms with Crippen molar-refractivity contribution >= 4 is 141 Å². The molecule has 0 aliphatic heterocycles. The van der Waals surface area contributed by atoms with E-state index in [9.17, 15) is 0 Å². The Kier molecular flexibility index (Phi) is 14.0. The zero-order chi connectivity index (χ0) is 63.6. The van der Waals surface area contributed by atoms with Crippen molar-refractivity contribution in [1.82, 2.24) is 58.1 Å². The highest BCUT2D eigenvalue weighted by Crippen LogP contribution is 2.40. The molecule has 0 saturated heterocycles. The molecule has 0 unspecified atom stereocenters. The number of para-hydroxylation sites is 4. The van der Waals surface area contributed by atoms with Gasteiger partial charge in [-0.15, -0.1) is 0 Å². The fraction of sp³-hybridized carbons (Fsp3) is 0.158. The van der Waals surface area contributed by atoms with Gasteiger partial charge in [0.05, 0.1) is 60.3 Å². The fourth-order valence-electron chi connectivity index (χ4n) is 12.9. The maximum Gasteiger partial charge on any atom is 0.234 e. The maximum absolute atomic E-state index is 5.08. The van der Waals surface area contributed by atoms with E-state index in [2.05, 4.69) is 279 Å². The molecule has 452 valence electrons. The highest BCUT2D eigenvalue weighted by molar-refractivity contribution is 6.89. The van der Waals surface area contributed by atoms with Crippen LogP contribution in [0.15, 0.2) is 219 Å². The van der Waals surface area contributed by atoms with Gasteiger partial charge in [0.15, 0.2) is 0 Å². The topological polar surface area (TPSA) is 123 Å². The third-order valence-electron chi connectivity index (χ3n) is 18.0. The van der Waals surface area contributed by atoms with Crippen LogP contribution in [0.25, 0.3) is 133 Å². The Hall–Kier alpha value is -9.85. The van der Waals surface area contributed by atoms with E-state index in [1.54, 1.807) is 0 Å². The number of fused-ring (bicyclic) bond motifs is 12. The summed E-state index contributed by atoms with van der Waals surface area (Å²) in [6.45, 7) is 27.9. The van der Waals surface area contributed by atoms with Gasteiger partial charge in [-0.2, -0.15) is 0 Å². The molecule has 0 aliphatic carbocycles. The Morgan fingerprint density at radius 3 is 0.750 bits per heavy atom. The molecule has 16 aromatic rings. The molecule has 16 heteroatoms. The van der Waals surface area contributed by atoms with Crippen molar-refractivity contribution in [1.29, 1.82) is 0 Å². The summed E-state index contributed by atoms with van der Waals surface area (Å²) >= 11 is 0. The number of aromatic nitrogens is 12. The molecule has 0 aliphatic rings. The average molecular weight is 1270 g/mol. The van der Waals surface area contributed by atoms with Crippen LogP contribution < -0.4 is 21.0 Å². The first-order valence-corrected chi connectivity index (χ1v) is 45.6. The predicted molar refractivity (Wildman–Crippen MR) is 395 cm³/mol. The summed E-state index contributed by atoms with van der Waals surface area (Å²) in [5.74, 6) is 2.87. The van der Waals surface area contributed by atoms with Crippen molar-refractivity contribution in [3.8, 4) is 46.0 Å². The average Bonchev–Trinajstić information content (AvgIpc) is 1.72. The molecule has 0 amide bonds. The summed E-state index contributed by atoms with van der Waals surface area (Å²) in [6, 6.07) is 65.3.